The van der Waals surface area contributed by atoms with Gasteiger partial charge in [-0.1, -0.05) is 55.8 Å². The number of carbonyl (C=O) groups excluding carboxylic acids is 3. The summed E-state index contributed by atoms with van der Waals surface area (Å²) in [6, 6.07) is 15.7. The van der Waals surface area contributed by atoms with E-state index in [0.29, 0.717) is 57.1 Å². The van der Waals surface area contributed by atoms with E-state index in [9.17, 15) is 14.4 Å². The zero-order chi connectivity index (χ0) is 32.8. The number of hydrogen-bond acceptors (Lipinski definition) is 8. The maximum Gasteiger partial charge on any atom is 0.309 e. The number of nitrogens with two attached hydrogens (primary N) is 1. The molecule has 1 aliphatic heterocycles. The van der Waals surface area contributed by atoms with Crippen LogP contribution in [-0.4, -0.2) is 92.9 Å². The van der Waals surface area contributed by atoms with E-state index in [0.717, 1.165) is 52.6 Å². The topological polar surface area (TPSA) is 127 Å². The Labute approximate surface area is 270 Å². The van der Waals surface area contributed by atoms with Crippen molar-refractivity contribution < 1.29 is 19.1 Å². The van der Waals surface area contributed by atoms with Crippen molar-refractivity contribution >= 4 is 45.5 Å². The first-order chi connectivity index (χ1) is 22.2. The molecule has 244 valence electrons. The largest absolute Gasteiger partial charge is 0.469 e. The number of rotatable bonds is 12. The molecule has 11 heteroatoms. The van der Waals surface area contributed by atoms with Crippen LogP contribution in [0.1, 0.15) is 50.6 Å². The zero-order valence-corrected chi connectivity index (χ0v) is 27.4. The fraction of sp³-hybridized carbons (Fsp3) is 0.457. The second-order valence-electron chi connectivity index (χ2n) is 12.1. The van der Waals surface area contributed by atoms with Gasteiger partial charge >= 0.3 is 5.97 Å². The van der Waals surface area contributed by atoms with Gasteiger partial charge < -0.3 is 24.8 Å². The number of esters is 1. The lowest BCUT2D eigenvalue weighted by atomic mass is 10.1. The number of methoxy groups -OCH3 is 1. The maximum absolute atomic E-state index is 13.2. The standard InChI is InChI=1S/C35H45N7O4/c1-5-6-14-31-38-33-34(29-12-7-8-13-30(29)37-35(33)36)42(31)23-28(40-17-15-39(16-18-40)24(2)43)22-41(25(3)44)21-27-11-9-10-26(19-27)20-32(45)46-4/h7-13,19,28H,5-6,14-18,20-23H2,1-4H3,(H2,36,37). The van der Waals surface area contributed by atoms with Gasteiger partial charge in [-0.2, -0.15) is 0 Å². The third kappa shape index (κ3) is 7.47. The number of hydrogen-bond donors (Lipinski definition) is 1. The number of anilines is 1. The molecule has 3 heterocycles. The Balaban J connectivity index is 1.53. The Morgan fingerprint density at radius 3 is 2.43 bits per heavy atom. The molecule has 0 aliphatic carbocycles. The highest BCUT2D eigenvalue weighted by Crippen LogP contribution is 2.30. The minimum atomic E-state index is -0.305. The summed E-state index contributed by atoms with van der Waals surface area (Å²) in [7, 11) is 1.38. The molecule has 1 saturated heterocycles. The van der Waals surface area contributed by atoms with Gasteiger partial charge in [-0.15, -0.1) is 0 Å². The van der Waals surface area contributed by atoms with Crippen molar-refractivity contribution in [2.24, 2.45) is 0 Å². The van der Waals surface area contributed by atoms with Gasteiger partial charge in [0.25, 0.3) is 0 Å². The second-order valence-corrected chi connectivity index (χ2v) is 12.1. The molecule has 0 radical (unpaired) electrons. The molecule has 46 heavy (non-hydrogen) atoms. The number of nitrogen functional groups attached to an aromatic ring is 1. The van der Waals surface area contributed by atoms with Crippen LogP contribution in [0.3, 0.4) is 0 Å². The Hall–Kier alpha value is -4.51. The summed E-state index contributed by atoms with van der Waals surface area (Å²) in [5.74, 6) is 1.10. The number of fused-ring (bicyclic) bond motifs is 3. The van der Waals surface area contributed by atoms with Crippen molar-refractivity contribution in [1.82, 2.24) is 29.2 Å². The molecule has 11 nitrogen and oxygen atoms in total. The second kappa shape index (κ2) is 14.7. The first kappa shape index (κ1) is 32.9. The summed E-state index contributed by atoms with van der Waals surface area (Å²) in [6.07, 6.45) is 2.99. The number of unbranched alkanes of at least 4 members (excludes halogenated alkanes) is 1. The number of nitrogens with zero attached hydrogens (tertiary/aromatic N) is 6. The lowest BCUT2D eigenvalue weighted by molar-refractivity contribution is -0.140. The third-order valence-electron chi connectivity index (χ3n) is 8.93. The van der Waals surface area contributed by atoms with Crippen molar-refractivity contribution in [1.29, 1.82) is 0 Å². The number of pyridine rings is 1. The Morgan fingerprint density at radius 1 is 1.00 bits per heavy atom. The summed E-state index contributed by atoms with van der Waals surface area (Å²) >= 11 is 0. The molecule has 4 aromatic rings. The minimum absolute atomic E-state index is 0.0358. The molecule has 2 amide bonds. The quantitative estimate of drug-likeness (QED) is 0.235. The van der Waals surface area contributed by atoms with Crippen molar-refractivity contribution in [2.45, 2.75) is 65.6 Å². The van der Waals surface area contributed by atoms with Gasteiger partial charge in [0.15, 0.2) is 5.82 Å². The number of benzene rings is 2. The van der Waals surface area contributed by atoms with Crippen LogP contribution >= 0.6 is 0 Å². The van der Waals surface area contributed by atoms with Gasteiger partial charge in [0.1, 0.15) is 11.3 Å². The van der Waals surface area contributed by atoms with E-state index < -0.39 is 0 Å². The molecule has 2 aromatic carbocycles. The number of imidazole rings is 1. The van der Waals surface area contributed by atoms with E-state index >= 15 is 0 Å². The SMILES string of the molecule is CCCCc1nc2c(N)nc3ccccc3c2n1CC(CN(Cc1cccc(CC(=O)OC)c1)C(C)=O)N1CCN(C(C)=O)CC1. The molecular weight excluding hydrogens is 582 g/mol. The smallest absolute Gasteiger partial charge is 0.309 e. The van der Waals surface area contributed by atoms with E-state index in [1.807, 2.05) is 52.3 Å². The van der Waals surface area contributed by atoms with Gasteiger partial charge in [0.2, 0.25) is 11.8 Å². The van der Waals surface area contributed by atoms with E-state index in [4.69, 9.17) is 15.5 Å². The molecule has 1 unspecified atom stereocenters. The Bertz CT molecular complexity index is 1710. The fourth-order valence-corrected chi connectivity index (χ4v) is 6.38. The highest BCUT2D eigenvalue weighted by atomic mass is 16.5. The summed E-state index contributed by atoms with van der Waals surface area (Å²) in [5, 5.41) is 0.993. The number of carbonyl (C=O) groups is 3. The number of amides is 2. The number of aryl methyl sites for hydroxylation is 1. The average Bonchev–Trinajstić information content (AvgIpc) is 3.41. The fourth-order valence-electron chi connectivity index (χ4n) is 6.38. The normalized spacial score (nSPS) is 14.5. The number of para-hydroxylation sites is 1. The van der Waals surface area contributed by atoms with Crippen molar-refractivity contribution in [3.05, 3.63) is 65.5 Å². The number of aromatic nitrogens is 3. The van der Waals surface area contributed by atoms with Crippen LogP contribution < -0.4 is 5.73 Å². The van der Waals surface area contributed by atoms with Gasteiger partial charge in [-0.3, -0.25) is 19.3 Å². The monoisotopic (exact) mass is 627 g/mol. The van der Waals surface area contributed by atoms with Gasteiger partial charge in [0.05, 0.1) is 24.6 Å². The molecule has 5 rings (SSSR count). The summed E-state index contributed by atoms with van der Waals surface area (Å²) in [5.41, 5.74) is 10.8. The van der Waals surface area contributed by atoms with Gasteiger partial charge in [-0.05, 0) is 23.6 Å². The van der Waals surface area contributed by atoms with Crippen LogP contribution in [0.25, 0.3) is 21.9 Å². The molecule has 1 atom stereocenters. The van der Waals surface area contributed by atoms with E-state index in [2.05, 4.69) is 27.4 Å². The predicted octanol–water partition coefficient (Wildman–Crippen LogP) is 3.81. The van der Waals surface area contributed by atoms with Gasteiger partial charge in [-0.25, -0.2) is 9.97 Å². The van der Waals surface area contributed by atoms with Crippen LogP contribution in [0.2, 0.25) is 0 Å². The van der Waals surface area contributed by atoms with Crippen LogP contribution in [0.15, 0.2) is 48.5 Å². The van der Waals surface area contributed by atoms with Crippen molar-refractivity contribution in [3.8, 4) is 0 Å². The molecule has 0 spiro atoms. The van der Waals surface area contributed by atoms with E-state index in [1.54, 1.807) is 13.8 Å². The lowest BCUT2D eigenvalue weighted by Gasteiger charge is -2.41. The predicted molar refractivity (Wildman–Crippen MR) is 179 cm³/mol. The number of piperazine rings is 1. The van der Waals surface area contributed by atoms with Crippen molar-refractivity contribution in [2.75, 3.05) is 45.6 Å². The molecule has 2 aromatic heterocycles. The average molecular weight is 628 g/mol. The lowest BCUT2D eigenvalue weighted by Crippen LogP contribution is -2.55. The van der Waals surface area contributed by atoms with Crippen LogP contribution in [-0.2, 0) is 45.1 Å². The third-order valence-corrected chi connectivity index (χ3v) is 8.93. The minimum Gasteiger partial charge on any atom is -0.469 e. The molecule has 0 saturated carbocycles. The number of ether oxygens (including phenoxy) is 1. The summed E-state index contributed by atoms with van der Waals surface area (Å²) in [4.78, 5) is 53.1. The zero-order valence-electron chi connectivity index (χ0n) is 27.4. The van der Waals surface area contributed by atoms with Crippen LogP contribution in [0.5, 0.6) is 0 Å². The summed E-state index contributed by atoms with van der Waals surface area (Å²) < 4.78 is 7.15. The molecular formula is C35H45N7O4. The molecule has 2 N–H and O–H groups in total. The van der Waals surface area contributed by atoms with Gasteiger partial charge in [0, 0.05) is 77.5 Å². The van der Waals surface area contributed by atoms with Crippen LogP contribution in [0, 0.1) is 0 Å². The maximum atomic E-state index is 13.2. The van der Waals surface area contributed by atoms with Crippen LogP contribution in [0.4, 0.5) is 5.82 Å². The van der Waals surface area contributed by atoms with Crippen molar-refractivity contribution in [3.63, 3.8) is 0 Å². The van der Waals surface area contributed by atoms with E-state index in [1.165, 1.54) is 7.11 Å². The molecule has 1 aliphatic rings. The molecule has 0 bridgehead atoms. The molecule has 1 fully saturated rings. The van der Waals surface area contributed by atoms with E-state index in [-0.39, 0.29) is 30.2 Å². The first-order valence-electron chi connectivity index (χ1n) is 16.1. The summed E-state index contributed by atoms with van der Waals surface area (Å²) in [6.45, 7) is 9.52. The highest BCUT2D eigenvalue weighted by molar-refractivity contribution is 6.06. The first-order valence-corrected chi connectivity index (χ1v) is 16.1. The Kier molecular flexibility index (Phi) is 10.5. The Morgan fingerprint density at radius 2 is 1.74 bits per heavy atom. The highest BCUT2D eigenvalue weighted by Gasteiger charge is 2.30.